The van der Waals surface area contributed by atoms with E-state index in [-0.39, 0.29) is 19.1 Å². The van der Waals surface area contributed by atoms with Crippen molar-refractivity contribution >= 4 is 79.4 Å². The number of aliphatic hydroxyl groups excluding tert-OH is 1. The van der Waals surface area contributed by atoms with Crippen LogP contribution in [-0.4, -0.2) is 26.0 Å². The van der Waals surface area contributed by atoms with Crippen molar-refractivity contribution in [3.05, 3.63) is 34.7 Å². The lowest BCUT2D eigenvalue weighted by molar-refractivity contribution is -0.116. The van der Waals surface area contributed by atoms with Crippen LogP contribution in [0, 0.1) is 10.7 Å². The monoisotopic (exact) mass is 610 g/mol. The first kappa shape index (κ1) is 16.4. The summed E-state index contributed by atoms with van der Waals surface area (Å²) in [4.78, 5) is 12.0. The fourth-order valence-electron chi connectivity index (χ4n) is 1.48. The molecular weight excluding hydrogens is 601 g/mol. The average molecular weight is 610 g/mol. The van der Waals surface area contributed by atoms with Crippen molar-refractivity contribution in [2.24, 2.45) is 0 Å². The summed E-state index contributed by atoms with van der Waals surface area (Å²) in [5.74, 6) is -0.184. The number of amides is 1. The van der Waals surface area contributed by atoms with Crippen molar-refractivity contribution in [1.82, 2.24) is 15.0 Å². The Morgan fingerprint density at radius 2 is 1.95 bits per heavy atom. The zero-order chi connectivity index (χ0) is 14.7. The smallest absolute Gasteiger partial charge is 0.246 e. The highest BCUT2D eigenvalue weighted by Crippen LogP contribution is 2.27. The molecule has 1 heterocycles. The SMILES string of the molecule is O=C(Cn1cc(CO)nn1)Nc1c(I)cc(I)cc1I. The van der Waals surface area contributed by atoms with E-state index in [0.29, 0.717) is 5.69 Å². The van der Waals surface area contributed by atoms with Gasteiger partial charge in [-0.15, -0.1) is 5.10 Å². The number of aliphatic hydroxyl groups is 1. The zero-order valence-electron chi connectivity index (χ0n) is 9.98. The van der Waals surface area contributed by atoms with E-state index in [0.717, 1.165) is 16.4 Å². The van der Waals surface area contributed by atoms with Crippen molar-refractivity contribution in [1.29, 1.82) is 0 Å². The van der Waals surface area contributed by atoms with Gasteiger partial charge in [-0.25, -0.2) is 4.68 Å². The number of nitrogens with one attached hydrogen (secondary N) is 1. The van der Waals surface area contributed by atoms with Gasteiger partial charge in [-0.3, -0.25) is 4.79 Å². The van der Waals surface area contributed by atoms with Crippen LogP contribution in [0.1, 0.15) is 5.69 Å². The summed E-state index contributed by atoms with van der Waals surface area (Å²) in [6, 6.07) is 4.00. The molecule has 0 aliphatic rings. The molecule has 9 heteroatoms. The Labute approximate surface area is 156 Å². The second-order valence-corrected chi connectivity index (χ2v) is 7.43. The van der Waals surface area contributed by atoms with Gasteiger partial charge >= 0.3 is 0 Å². The largest absolute Gasteiger partial charge is 0.390 e. The second-order valence-electron chi connectivity index (χ2n) is 3.86. The van der Waals surface area contributed by atoms with Gasteiger partial charge in [-0.05, 0) is 79.9 Å². The van der Waals surface area contributed by atoms with Gasteiger partial charge in [0.1, 0.15) is 12.2 Å². The molecule has 6 nitrogen and oxygen atoms in total. The summed E-state index contributed by atoms with van der Waals surface area (Å²) in [5.41, 5.74) is 1.25. The Morgan fingerprint density at radius 1 is 1.30 bits per heavy atom. The first-order valence-corrected chi connectivity index (χ1v) is 8.67. The van der Waals surface area contributed by atoms with Gasteiger partial charge in [0.15, 0.2) is 0 Å². The lowest BCUT2D eigenvalue weighted by Crippen LogP contribution is -2.20. The van der Waals surface area contributed by atoms with E-state index in [4.69, 9.17) is 5.11 Å². The van der Waals surface area contributed by atoms with Gasteiger partial charge in [-0.1, -0.05) is 5.21 Å². The van der Waals surface area contributed by atoms with Gasteiger partial charge in [0, 0.05) is 10.7 Å². The lowest BCUT2D eigenvalue weighted by atomic mass is 10.3. The molecule has 2 N–H and O–H groups in total. The molecule has 2 rings (SSSR count). The van der Waals surface area contributed by atoms with E-state index in [2.05, 4.69) is 83.4 Å². The van der Waals surface area contributed by atoms with E-state index < -0.39 is 0 Å². The number of nitrogens with zero attached hydrogens (tertiary/aromatic N) is 3. The van der Waals surface area contributed by atoms with Crippen LogP contribution in [0.25, 0.3) is 0 Å². The Kier molecular flexibility index (Phi) is 5.97. The van der Waals surface area contributed by atoms with Crippen molar-refractivity contribution in [2.45, 2.75) is 13.2 Å². The summed E-state index contributed by atoms with van der Waals surface area (Å²) in [6.07, 6.45) is 1.55. The van der Waals surface area contributed by atoms with E-state index in [1.54, 1.807) is 6.20 Å². The zero-order valence-corrected chi connectivity index (χ0v) is 16.4. The maximum absolute atomic E-state index is 12.0. The summed E-state index contributed by atoms with van der Waals surface area (Å²) >= 11 is 6.63. The first-order valence-electron chi connectivity index (χ1n) is 5.44. The number of hydrogen-bond acceptors (Lipinski definition) is 4. The van der Waals surface area contributed by atoms with E-state index in [1.807, 2.05) is 12.1 Å². The topological polar surface area (TPSA) is 80.0 Å². The predicted octanol–water partition coefficient (Wildman–Crippen LogP) is 2.22. The maximum Gasteiger partial charge on any atom is 0.246 e. The van der Waals surface area contributed by atoms with Crippen LogP contribution >= 0.6 is 67.8 Å². The van der Waals surface area contributed by atoms with E-state index >= 15 is 0 Å². The summed E-state index contributed by atoms with van der Waals surface area (Å²) in [5, 5.41) is 19.3. The number of anilines is 1. The molecule has 0 saturated carbocycles. The third-order valence-electron chi connectivity index (χ3n) is 2.32. The van der Waals surface area contributed by atoms with Gasteiger partial charge in [0.2, 0.25) is 5.91 Å². The number of carbonyl (C=O) groups excluding carboxylic acids is 1. The fourth-order valence-corrected chi connectivity index (χ4v) is 5.33. The Hall–Kier alpha value is -0.0200. The summed E-state index contributed by atoms with van der Waals surface area (Å²) in [6.45, 7) is -0.125. The number of hydrogen-bond donors (Lipinski definition) is 2. The molecule has 106 valence electrons. The molecule has 0 fully saturated rings. The van der Waals surface area contributed by atoms with Crippen LogP contribution < -0.4 is 5.32 Å². The molecule has 0 spiro atoms. The molecule has 0 bridgehead atoms. The molecule has 0 unspecified atom stereocenters. The minimum atomic E-state index is -0.186. The molecule has 2 aromatic rings. The van der Waals surface area contributed by atoms with Gasteiger partial charge in [-0.2, -0.15) is 0 Å². The lowest BCUT2D eigenvalue weighted by Gasteiger charge is -2.10. The molecule has 0 atom stereocenters. The van der Waals surface area contributed by atoms with Gasteiger partial charge in [0.05, 0.1) is 18.5 Å². The fraction of sp³-hybridized carbons (Fsp3) is 0.182. The molecule has 0 saturated heterocycles. The van der Waals surface area contributed by atoms with Crippen molar-refractivity contribution in [3.8, 4) is 0 Å². The van der Waals surface area contributed by atoms with Crippen LogP contribution in [0.5, 0.6) is 0 Å². The van der Waals surface area contributed by atoms with Gasteiger partial charge < -0.3 is 10.4 Å². The maximum atomic E-state index is 12.0. The molecule has 0 aliphatic heterocycles. The highest BCUT2D eigenvalue weighted by Gasteiger charge is 2.11. The van der Waals surface area contributed by atoms with Crippen LogP contribution in [0.4, 0.5) is 5.69 Å². The normalized spacial score (nSPS) is 10.6. The summed E-state index contributed by atoms with van der Waals surface area (Å²) in [7, 11) is 0. The van der Waals surface area contributed by atoms with E-state index in [1.165, 1.54) is 4.68 Å². The molecular formula is C11H9I3N4O2. The van der Waals surface area contributed by atoms with Crippen LogP contribution in [0.3, 0.4) is 0 Å². The minimum absolute atomic E-state index is 0.0607. The average Bonchev–Trinajstić information content (AvgIpc) is 2.81. The standard InChI is InChI=1S/C11H9I3N4O2/c12-6-1-8(13)11(9(14)2-6)15-10(20)4-18-3-7(5-19)16-17-18/h1-3,19H,4-5H2,(H,15,20). The molecule has 1 amide bonds. The molecule has 0 aliphatic carbocycles. The first-order chi connectivity index (χ1) is 9.49. The Balaban J connectivity index is 2.08. The number of rotatable bonds is 4. The van der Waals surface area contributed by atoms with Crippen molar-refractivity contribution in [2.75, 3.05) is 5.32 Å². The molecule has 1 aromatic carbocycles. The molecule has 1 aromatic heterocycles. The number of aromatic nitrogens is 3. The minimum Gasteiger partial charge on any atom is -0.390 e. The third kappa shape index (κ3) is 4.24. The quantitative estimate of drug-likeness (QED) is 0.522. The van der Waals surface area contributed by atoms with E-state index in [9.17, 15) is 4.79 Å². The third-order valence-corrected chi connectivity index (χ3v) is 4.65. The number of halogens is 3. The van der Waals surface area contributed by atoms with Gasteiger partial charge in [0.25, 0.3) is 0 Å². The van der Waals surface area contributed by atoms with Crippen LogP contribution in [0.15, 0.2) is 18.3 Å². The summed E-state index contributed by atoms with van der Waals surface area (Å²) < 4.78 is 4.50. The van der Waals surface area contributed by atoms with Crippen molar-refractivity contribution in [3.63, 3.8) is 0 Å². The number of carbonyl (C=O) groups is 1. The second kappa shape index (κ2) is 7.31. The van der Waals surface area contributed by atoms with Crippen LogP contribution in [0.2, 0.25) is 0 Å². The highest BCUT2D eigenvalue weighted by molar-refractivity contribution is 14.1. The highest BCUT2D eigenvalue weighted by atomic mass is 127. The van der Waals surface area contributed by atoms with Crippen molar-refractivity contribution < 1.29 is 9.90 Å². The Bertz CT molecular complexity index is 621. The molecule has 20 heavy (non-hydrogen) atoms. The number of benzene rings is 1. The Morgan fingerprint density at radius 3 is 2.50 bits per heavy atom. The van der Waals surface area contributed by atoms with Crippen LogP contribution in [-0.2, 0) is 17.9 Å². The predicted molar refractivity (Wildman–Crippen MR) is 99.2 cm³/mol. The molecule has 0 radical (unpaired) electrons.